The molecule has 1 aromatic heterocycles. The predicted octanol–water partition coefficient (Wildman–Crippen LogP) is 2.48. The fourth-order valence-corrected chi connectivity index (χ4v) is 1.87. The first kappa shape index (κ1) is 11.0. The minimum atomic E-state index is -1.06. The number of hydrogen-bond acceptors (Lipinski definition) is 4. The Kier molecular flexibility index (Phi) is 3.49. The molecular formula is C8H9ClN2O2S. The van der Waals surface area contributed by atoms with Crippen molar-refractivity contribution in [1.82, 2.24) is 4.98 Å². The molecule has 0 fully saturated rings. The third kappa shape index (κ3) is 2.46. The van der Waals surface area contributed by atoms with Crippen LogP contribution in [0.1, 0.15) is 16.6 Å². The minimum Gasteiger partial charge on any atom is -0.477 e. The monoisotopic (exact) mass is 232 g/mol. The van der Waals surface area contributed by atoms with E-state index < -0.39 is 5.97 Å². The molecule has 1 unspecified atom stereocenters. The number of carbonyl (C=O) groups is 1. The van der Waals surface area contributed by atoms with Gasteiger partial charge in [0.2, 0.25) is 0 Å². The lowest BCUT2D eigenvalue weighted by Crippen LogP contribution is -2.10. The summed E-state index contributed by atoms with van der Waals surface area (Å²) in [5.74, 6) is -1.06. The molecule has 1 atom stereocenters. The summed E-state index contributed by atoms with van der Waals surface area (Å²) >= 11 is 6.63. The van der Waals surface area contributed by atoms with Gasteiger partial charge in [0.05, 0.1) is 0 Å². The van der Waals surface area contributed by atoms with Crippen molar-refractivity contribution in [1.29, 1.82) is 0 Å². The second-order valence-electron chi connectivity index (χ2n) is 2.61. The highest BCUT2D eigenvalue weighted by molar-refractivity contribution is 7.18. The Balaban J connectivity index is 2.86. The van der Waals surface area contributed by atoms with Gasteiger partial charge in [-0.1, -0.05) is 29.0 Å². The Morgan fingerprint density at radius 2 is 2.50 bits per heavy atom. The van der Waals surface area contributed by atoms with Crippen LogP contribution in [0.15, 0.2) is 12.7 Å². The summed E-state index contributed by atoms with van der Waals surface area (Å²) in [5.41, 5.74) is 0. The van der Waals surface area contributed by atoms with Gasteiger partial charge < -0.3 is 10.4 Å². The lowest BCUT2D eigenvalue weighted by Gasteiger charge is -2.05. The molecule has 0 aliphatic heterocycles. The van der Waals surface area contributed by atoms with E-state index in [0.29, 0.717) is 5.13 Å². The van der Waals surface area contributed by atoms with Crippen LogP contribution in [0.2, 0.25) is 5.15 Å². The molecule has 2 N–H and O–H groups in total. The van der Waals surface area contributed by atoms with Gasteiger partial charge in [-0.2, -0.15) is 0 Å². The molecule has 76 valence electrons. The molecule has 6 heteroatoms. The smallest absolute Gasteiger partial charge is 0.349 e. The number of aromatic carboxylic acids is 1. The van der Waals surface area contributed by atoms with Crippen molar-refractivity contribution in [3.05, 3.63) is 22.7 Å². The maximum atomic E-state index is 10.6. The van der Waals surface area contributed by atoms with Crippen LogP contribution in [0.3, 0.4) is 0 Å². The van der Waals surface area contributed by atoms with Gasteiger partial charge >= 0.3 is 5.97 Å². The molecule has 0 spiro atoms. The normalized spacial score (nSPS) is 12.1. The number of anilines is 1. The number of aromatic nitrogens is 1. The van der Waals surface area contributed by atoms with Gasteiger partial charge in [0.1, 0.15) is 0 Å². The number of rotatable bonds is 4. The summed E-state index contributed by atoms with van der Waals surface area (Å²) in [7, 11) is 0. The zero-order valence-electron chi connectivity index (χ0n) is 7.45. The van der Waals surface area contributed by atoms with Crippen LogP contribution in [0.25, 0.3) is 0 Å². The summed E-state index contributed by atoms with van der Waals surface area (Å²) < 4.78 is 0. The number of carboxylic acid groups (broad SMARTS) is 1. The van der Waals surface area contributed by atoms with E-state index in [2.05, 4.69) is 16.9 Å². The maximum Gasteiger partial charge on any atom is 0.349 e. The number of hydrogen-bond donors (Lipinski definition) is 2. The van der Waals surface area contributed by atoms with Crippen molar-refractivity contribution < 1.29 is 9.90 Å². The SMILES string of the molecule is C=CC(C)Nc1nc(Cl)c(C(=O)O)s1. The van der Waals surface area contributed by atoms with Crippen molar-refractivity contribution in [3.8, 4) is 0 Å². The molecular weight excluding hydrogens is 224 g/mol. The molecule has 0 saturated heterocycles. The Morgan fingerprint density at radius 1 is 1.86 bits per heavy atom. The largest absolute Gasteiger partial charge is 0.477 e. The maximum absolute atomic E-state index is 10.6. The fourth-order valence-electron chi connectivity index (χ4n) is 0.749. The minimum absolute atomic E-state index is 0.0151. The zero-order valence-corrected chi connectivity index (χ0v) is 9.02. The first-order chi connectivity index (χ1) is 6.54. The van der Waals surface area contributed by atoms with Gasteiger partial charge in [0.25, 0.3) is 0 Å². The highest BCUT2D eigenvalue weighted by atomic mass is 35.5. The molecule has 14 heavy (non-hydrogen) atoms. The van der Waals surface area contributed by atoms with Crippen LogP contribution >= 0.6 is 22.9 Å². The first-order valence-corrected chi connectivity index (χ1v) is 5.02. The second-order valence-corrected chi connectivity index (χ2v) is 3.97. The number of carboxylic acids is 1. The van der Waals surface area contributed by atoms with Crippen molar-refractivity contribution in [2.24, 2.45) is 0 Å². The third-order valence-electron chi connectivity index (χ3n) is 1.48. The van der Waals surface area contributed by atoms with Crippen molar-refractivity contribution in [2.45, 2.75) is 13.0 Å². The van der Waals surface area contributed by atoms with Crippen molar-refractivity contribution in [2.75, 3.05) is 5.32 Å². The molecule has 0 amide bonds. The van der Waals surface area contributed by atoms with E-state index in [1.807, 2.05) is 6.92 Å². The molecule has 0 aromatic carbocycles. The molecule has 1 rings (SSSR count). The number of thiazole rings is 1. The van der Waals surface area contributed by atoms with Crippen molar-refractivity contribution >= 4 is 34.0 Å². The summed E-state index contributed by atoms with van der Waals surface area (Å²) in [4.78, 5) is 14.5. The predicted molar refractivity (Wildman–Crippen MR) is 57.4 cm³/mol. The van der Waals surface area contributed by atoms with E-state index in [0.717, 1.165) is 11.3 Å². The Morgan fingerprint density at radius 3 is 2.93 bits per heavy atom. The van der Waals surface area contributed by atoms with Gasteiger partial charge in [-0.25, -0.2) is 9.78 Å². The lowest BCUT2D eigenvalue weighted by atomic mass is 10.3. The van der Waals surface area contributed by atoms with E-state index in [4.69, 9.17) is 16.7 Å². The van der Waals surface area contributed by atoms with Gasteiger partial charge in [0, 0.05) is 6.04 Å². The van der Waals surface area contributed by atoms with E-state index >= 15 is 0 Å². The van der Waals surface area contributed by atoms with Crippen LogP contribution in [0.5, 0.6) is 0 Å². The molecule has 0 aliphatic carbocycles. The van der Waals surface area contributed by atoms with E-state index in [1.54, 1.807) is 6.08 Å². The van der Waals surface area contributed by atoms with Crippen LogP contribution < -0.4 is 5.32 Å². The van der Waals surface area contributed by atoms with Gasteiger partial charge in [-0.05, 0) is 6.92 Å². The molecule has 4 nitrogen and oxygen atoms in total. The van der Waals surface area contributed by atoms with Gasteiger partial charge in [0.15, 0.2) is 15.2 Å². The van der Waals surface area contributed by atoms with Crippen LogP contribution in [-0.4, -0.2) is 22.1 Å². The summed E-state index contributed by atoms with van der Waals surface area (Å²) in [5, 5.41) is 12.2. The highest BCUT2D eigenvalue weighted by Gasteiger charge is 2.15. The topological polar surface area (TPSA) is 62.2 Å². The zero-order chi connectivity index (χ0) is 10.7. The number of halogens is 1. The third-order valence-corrected chi connectivity index (χ3v) is 2.84. The Hall–Kier alpha value is -1.07. The number of nitrogens with one attached hydrogen (secondary N) is 1. The summed E-state index contributed by atoms with van der Waals surface area (Å²) in [6.45, 7) is 5.46. The summed E-state index contributed by atoms with van der Waals surface area (Å²) in [6, 6.07) is 0.0267. The highest BCUT2D eigenvalue weighted by Crippen LogP contribution is 2.27. The van der Waals surface area contributed by atoms with Crippen LogP contribution in [-0.2, 0) is 0 Å². The quantitative estimate of drug-likeness (QED) is 0.783. The van der Waals surface area contributed by atoms with Crippen LogP contribution in [0.4, 0.5) is 5.13 Å². The van der Waals surface area contributed by atoms with E-state index in [-0.39, 0.29) is 16.1 Å². The summed E-state index contributed by atoms with van der Waals surface area (Å²) in [6.07, 6.45) is 1.69. The fraction of sp³-hybridized carbons (Fsp3) is 0.250. The standard InChI is InChI=1S/C8H9ClN2O2S/c1-3-4(2)10-8-11-6(9)5(14-8)7(12)13/h3-4H,1H2,2H3,(H,10,11)(H,12,13). The molecule has 0 aliphatic rings. The molecule has 1 aromatic rings. The van der Waals surface area contributed by atoms with Gasteiger partial charge in [-0.15, -0.1) is 6.58 Å². The van der Waals surface area contributed by atoms with Crippen LogP contribution in [0, 0.1) is 0 Å². The van der Waals surface area contributed by atoms with Gasteiger partial charge in [-0.3, -0.25) is 0 Å². The Labute approximate surface area is 90.2 Å². The molecule has 0 saturated carbocycles. The van der Waals surface area contributed by atoms with Crippen molar-refractivity contribution in [3.63, 3.8) is 0 Å². The lowest BCUT2D eigenvalue weighted by molar-refractivity contribution is 0.0702. The van der Waals surface area contributed by atoms with E-state index in [9.17, 15) is 4.79 Å². The average molecular weight is 233 g/mol. The molecule has 0 radical (unpaired) electrons. The second kappa shape index (κ2) is 4.43. The first-order valence-electron chi connectivity index (χ1n) is 3.83. The number of nitrogens with zero attached hydrogens (tertiary/aromatic N) is 1. The average Bonchev–Trinajstić information content (AvgIpc) is 2.46. The van der Waals surface area contributed by atoms with E-state index in [1.165, 1.54) is 0 Å². The molecule has 0 bridgehead atoms. The molecule has 1 heterocycles. The Bertz CT molecular complexity index is 364.